The van der Waals surface area contributed by atoms with Crippen LogP contribution in [0.4, 0.5) is 8.78 Å². The standard InChI is InChI=1S/C15H21F2NO3/c1-19-14-11-12(4-5-13(14)21-15(16)17)3-2-6-18-7-9-20-10-8-18/h4-5,11,15H,2-3,6-10H2,1H3. The lowest BCUT2D eigenvalue weighted by atomic mass is 10.1. The third-order valence-corrected chi connectivity index (χ3v) is 3.49. The number of ether oxygens (including phenoxy) is 3. The number of hydrogen-bond donors (Lipinski definition) is 0. The molecule has 0 radical (unpaired) electrons. The van der Waals surface area contributed by atoms with Gasteiger partial charge in [-0.25, -0.2) is 0 Å². The van der Waals surface area contributed by atoms with Crippen molar-refractivity contribution in [3.05, 3.63) is 23.8 Å². The molecule has 1 aromatic carbocycles. The van der Waals surface area contributed by atoms with Crippen molar-refractivity contribution in [2.75, 3.05) is 40.0 Å². The van der Waals surface area contributed by atoms with Crippen LogP contribution < -0.4 is 9.47 Å². The van der Waals surface area contributed by atoms with Crippen molar-refractivity contribution in [1.29, 1.82) is 0 Å². The highest BCUT2D eigenvalue weighted by Crippen LogP contribution is 2.29. The van der Waals surface area contributed by atoms with Gasteiger partial charge < -0.3 is 14.2 Å². The van der Waals surface area contributed by atoms with Crippen molar-refractivity contribution < 1.29 is 23.0 Å². The summed E-state index contributed by atoms with van der Waals surface area (Å²) < 4.78 is 39.3. The number of halogens is 2. The Balaban J connectivity index is 1.85. The van der Waals surface area contributed by atoms with E-state index in [9.17, 15) is 8.78 Å². The molecule has 1 heterocycles. The fourth-order valence-corrected chi connectivity index (χ4v) is 2.39. The summed E-state index contributed by atoms with van der Waals surface area (Å²) in [4.78, 5) is 2.37. The van der Waals surface area contributed by atoms with E-state index in [0.29, 0.717) is 5.75 Å². The first kappa shape index (κ1) is 16.0. The highest BCUT2D eigenvalue weighted by atomic mass is 19.3. The van der Waals surface area contributed by atoms with E-state index in [1.165, 1.54) is 13.2 Å². The molecule has 118 valence electrons. The maximum Gasteiger partial charge on any atom is 0.387 e. The second-order valence-corrected chi connectivity index (χ2v) is 4.92. The Bertz CT molecular complexity index is 437. The molecule has 1 aliphatic heterocycles. The minimum atomic E-state index is -2.84. The molecular weight excluding hydrogens is 280 g/mol. The van der Waals surface area contributed by atoms with Crippen molar-refractivity contribution in [2.24, 2.45) is 0 Å². The maximum atomic E-state index is 12.3. The van der Waals surface area contributed by atoms with Gasteiger partial charge in [0.1, 0.15) is 0 Å². The van der Waals surface area contributed by atoms with Gasteiger partial charge in [-0.05, 0) is 37.1 Å². The molecule has 0 atom stereocenters. The van der Waals surface area contributed by atoms with Crippen LogP contribution in [0.25, 0.3) is 0 Å². The van der Waals surface area contributed by atoms with Crippen molar-refractivity contribution in [3.8, 4) is 11.5 Å². The first-order valence-electron chi connectivity index (χ1n) is 7.11. The summed E-state index contributed by atoms with van der Waals surface area (Å²) >= 11 is 0. The van der Waals surface area contributed by atoms with E-state index in [1.807, 2.05) is 0 Å². The number of hydrogen-bond acceptors (Lipinski definition) is 4. The topological polar surface area (TPSA) is 30.9 Å². The predicted octanol–water partition coefficient (Wildman–Crippen LogP) is 2.56. The molecular formula is C15H21F2NO3. The summed E-state index contributed by atoms with van der Waals surface area (Å²) in [6.45, 7) is 1.72. The lowest BCUT2D eigenvalue weighted by Crippen LogP contribution is -2.36. The molecule has 0 bridgehead atoms. The number of benzene rings is 1. The molecule has 0 amide bonds. The minimum Gasteiger partial charge on any atom is -0.493 e. The second kappa shape index (κ2) is 8.14. The Labute approximate surface area is 123 Å². The molecule has 0 N–H and O–H groups in total. The van der Waals surface area contributed by atoms with E-state index in [0.717, 1.165) is 51.3 Å². The summed E-state index contributed by atoms with van der Waals surface area (Å²) in [6.07, 6.45) is 1.89. The van der Waals surface area contributed by atoms with Gasteiger partial charge in [-0.3, -0.25) is 4.90 Å². The number of methoxy groups -OCH3 is 1. The van der Waals surface area contributed by atoms with Crippen molar-refractivity contribution in [3.63, 3.8) is 0 Å². The molecule has 0 aliphatic carbocycles. The van der Waals surface area contributed by atoms with Crippen molar-refractivity contribution in [1.82, 2.24) is 4.90 Å². The van der Waals surface area contributed by atoms with Crippen LogP contribution in [-0.4, -0.2) is 51.5 Å². The van der Waals surface area contributed by atoms with E-state index in [-0.39, 0.29) is 5.75 Å². The minimum absolute atomic E-state index is 0.0735. The quantitative estimate of drug-likeness (QED) is 0.774. The molecule has 4 nitrogen and oxygen atoms in total. The highest BCUT2D eigenvalue weighted by Gasteiger charge is 2.12. The van der Waals surface area contributed by atoms with Crippen LogP contribution >= 0.6 is 0 Å². The van der Waals surface area contributed by atoms with Gasteiger partial charge in [0.25, 0.3) is 0 Å². The molecule has 6 heteroatoms. The van der Waals surface area contributed by atoms with E-state index < -0.39 is 6.61 Å². The van der Waals surface area contributed by atoms with Crippen LogP contribution in [-0.2, 0) is 11.2 Å². The SMILES string of the molecule is COc1cc(CCCN2CCOCC2)ccc1OC(F)F. The summed E-state index contributed by atoms with van der Waals surface area (Å²) in [7, 11) is 1.45. The normalized spacial score (nSPS) is 16.2. The summed E-state index contributed by atoms with van der Waals surface area (Å²) in [5.74, 6) is 0.420. The second-order valence-electron chi connectivity index (χ2n) is 4.92. The summed E-state index contributed by atoms with van der Waals surface area (Å²) in [6, 6.07) is 5.10. The lowest BCUT2D eigenvalue weighted by Gasteiger charge is -2.26. The zero-order valence-corrected chi connectivity index (χ0v) is 12.2. The molecule has 1 saturated heterocycles. The molecule has 0 saturated carbocycles. The van der Waals surface area contributed by atoms with Crippen LogP contribution in [0.5, 0.6) is 11.5 Å². The Morgan fingerprint density at radius 3 is 2.67 bits per heavy atom. The van der Waals surface area contributed by atoms with Crippen LogP contribution in [0, 0.1) is 0 Å². The van der Waals surface area contributed by atoms with Crippen LogP contribution in [0.1, 0.15) is 12.0 Å². The van der Waals surface area contributed by atoms with Crippen molar-refractivity contribution >= 4 is 0 Å². The monoisotopic (exact) mass is 301 g/mol. The van der Waals surface area contributed by atoms with Gasteiger partial charge in [0.2, 0.25) is 0 Å². The Kier molecular flexibility index (Phi) is 6.20. The highest BCUT2D eigenvalue weighted by molar-refractivity contribution is 5.43. The molecule has 0 aromatic heterocycles. The molecule has 21 heavy (non-hydrogen) atoms. The maximum absolute atomic E-state index is 12.3. The van der Waals surface area contributed by atoms with Gasteiger partial charge in [0, 0.05) is 13.1 Å². The first-order chi connectivity index (χ1) is 10.2. The fraction of sp³-hybridized carbons (Fsp3) is 0.600. The number of nitrogens with zero attached hydrogens (tertiary/aromatic N) is 1. The third-order valence-electron chi connectivity index (χ3n) is 3.49. The van der Waals surface area contributed by atoms with Crippen LogP contribution in [0.15, 0.2) is 18.2 Å². The average molecular weight is 301 g/mol. The van der Waals surface area contributed by atoms with Gasteiger partial charge >= 0.3 is 6.61 Å². The number of rotatable bonds is 7. The third kappa shape index (κ3) is 5.13. The van der Waals surface area contributed by atoms with E-state index in [2.05, 4.69) is 9.64 Å². The van der Waals surface area contributed by atoms with Crippen LogP contribution in [0.3, 0.4) is 0 Å². The van der Waals surface area contributed by atoms with E-state index in [1.54, 1.807) is 12.1 Å². The Morgan fingerprint density at radius 1 is 1.24 bits per heavy atom. The van der Waals surface area contributed by atoms with Crippen LogP contribution in [0.2, 0.25) is 0 Å². The molecule has 1 fully saturated rings. The first-order valence-corrected chi connectivity index (χ1v) is 7.11. The van der Waals surface area contributed by atoms with E-state index in [4.69, 9.17) is 9.47 Å². The molecule has 0 unspecified atom stereocenters. The number of aryl methyl sites for hydroxylation is 1. The molecule has 1 aromatic rings. The summed E-state index contributed by atoms with van der Waals surface area (Å²) in [5.41, 5.74) is 1.06. The molecule has 1 aliphatic rings. The van der Waals surface area contributed by atoms with Gasteiger partial charge in [-0.15, -0.1) is 0 Å². The Morgan fingerprint density at radius 2 is 2.00 bits per heavy atom. The summed E-state index contributed by atoms with van der Waals surface area (Å²) in [5, 5.41) is 0. The smallest absolute Gasteiger partial charge is 0.387 e. The number of morpholine rings is 1. The predicted molar refractivity (Wildman–Crippen MR) is 75.2 cm³/mol. The molecule has 2 rings (SSSR count). The van der Waals surface area contributed by atoms with Gasteiger partial charge in [0.15, 0.2) is 11.5 Å². The molecule has 0 spiro atoms. The average Bonchev–Trinajstić information content (AvgIpc) is 2.49. The largest absolute Gasteiger partial charge is 0.493 e. The van der Waals surface area contributed by atoms with Gasteiger partial charge in [-0.2, -0.15) is 8.78 Å². The Hall–Kier alpha value is -1.40. The zero-order chi connectivity index (χ0) is 15.1. The number of alkyl halides is 2. The zero-order valence-electron chi connectivity index (χ0n) is 12.2. The fourth-order valence-electron chi connectivity index (χ4n) is 2.39. The van der Waals surface area contributed by atoms with Crippen molar-refractivity contribution in [2.45, 2.75) is 19.5 Å². The lowest BCUT2D eigenvalue weighted by molar-refractivity contribution is -0.0512. The van der Waals surface area contributed by atoms with Gasteiger partial charge in [0.05, 0.1) is 20.3 Å². The van der Waals surface area contributed by atoms with Gasteiger partial charge in [-0.1, -0.05) is 6.07 Å². The van der Waals surface area contributed by atoms with E-state index >= 15 is 0 Å².